The van der Waals surface area contributed by atoms with E-state index >= 15 is 0 Å². The molecule has 1 fully saturated rings. The molecule has 6 nitrogen and oxygen atoms in total. The third-order valence-corrected chi connectivity index (χ3v) is 7.20. The number of para-hydroxylation sites is 1. The van der Waals surface area contributed by atoms with E-state index in [0.717, 1.165) is 20.3 Å². The molecule has 0 saturated carbocycles. The minimum absolute atomic E-state index is 0.0315. The number of amides is 3. The summed E-state index contributed by atoms with van der Waals surface area (Å²) in [4.78, 5) is 44.0. The molecule has 3 heterocycles. The third kappa shape index (κ3) is 3.93. The molecule has 2 aromatic rings. The fraction of sp³-hybridized carbons (Fsp3) is 0.350. The van der Waals surface area contributed by atoms with Crippen LogP contribution in [0.15, 0.2) is 41.3 Å². The highest BCUT2D eigenvalue weighted by Crippen LogP contribution is 2.36. The van der Waals surface area contributed by atoms with E-state index < -0.39 is 5.25 Å². The van der Waals surface area contributed by atoms with Crippen molar-refractivity contribution in [2.24, 2.45) is 0 Å². The second kappa shape index (κ2) is 7.97. The summed E-state index contributed by atoms with van der Waals surface area (Å²) in [6, 6.07) is 11.4. The molecule has 0 radical (unpaired) electrons. The number of nitrogens with one attached hydrogen (secondary N) is 1. The van der Waals surface area contributed by atoms with Gasteiger partial charge in [-0.25, -0.2) is 0 Å². The molecule has 1 N–H and O–H groups in total. The zero-order valence-corrected chi connectivity index (χ0v) is 17.1. The minimum atomic E-state index is -0.420. The number of nitrogens with zero attached hydrogens (tertiary/aromatic N) is 2. The van der Waals surface area contributed by atoms with Crippen LogP contribution in [0.2, 0.25) is 0 Å². The summed E-state index contributed by atoms with van der Waals surface area (Å²) < 4.78 is 0. The predicted molar refractivity (Wildman–Crippen MR) is 111 cm³/mol. The van der Waals surface area contributed by atoms with Gasteiger partial charge >= 0.3 is 0 Å². The first kappa shape index (κ1) is 19.0. The lowest BCUT2D eigenvalue weighted by Crippen LogP contribution is -2.51. The van der Waals surface area contributed by atoms with E-state index in [1.165, 1.54) is 23.1 Å². The van der Waals surface area contributed by atoms with Crippen molar-refractivity contribution in [1.29, 1.82) is 0 Å². The quantitative estimate of drug-likeness (QED) is 0.837. The summed E-state index contributed by atoms with van der Waals surface area (Å²) in [5, 5.41) is 2.46. The number of carbonyl (C=O) groups excluding carboxylic acids is 3. The van der Waals surface area contributed by atoms with E-state index in [9.17, 15) is 14.4 Å². The van der Waals surface area contributed by atoms with Gasteiger partial charge < -0.3 is 15.1 Å². The molecule has 2 aliphatic rings. The van der Waals surface area contributed by atoms with Gasteiger partial charge in [-0.15, -0.1) is 23.1 Å². The summed E-state index contributed by atoms with van der Waals surface area (Å²) in [5.74, 6) is -0.131. The molecule has 1 aromatic heterocycles. The fourth-order valence-electron chi connectivity index (χ4n) is 3.38. The minimum Gasteiger partial charge on any atom is -0.339 e. The molecular weight excluding hydrogens is 394 g/mol. The Morgan fingerprint density at radius 2 is 1.79 bits per heavy atom. The van der Waals surface area contributed by atoms with Gasteiger partial charge in [0.05, 0.1) is 15.8 Å². The van der Waals surface area contributed by atoms with Crippen LogP contribution in [0.5, 0.6) is 0 Å². The molecule has 0 bridgehead atoms. The Kier molecular flexibility index (Phi) is 5.41. The number of thiophene rings is 1. The highest BCUT2D eigenvalue weighted by atomic mass is 32.2. The maximum atomic E-state index is 12.7. The maximum absolute atomic E-state index is 12.7. The maximum Gasteiger partial charge on any atom is 0.264 e. The van der Waals surface area contributed by atoms with Crippen LogP contribution in [-0.2, 0) is 9.59 Å². The van der Waals surface area contributed by atoms with Gasteiger partial charge in [0.15, 0.2) is 0 Å². The van der Waals surface area contributed by atoms with Gasteiger partial charge in [0, 0.05) is 42.4 Å². The standard InChI is InChI=1S/C20H21N3O3S2/c1-13-6-7-16(27-13)20(26)23-10-8-22(9-11-23)18(24)12-17-19(25)21-14-4-2-3-5-15(14)28-17/h2-7,17H,8-12H2,1H3,(H,21,25). The Balaban J connectivity index is 1.32. The van der Waals surface area contributed by atoms with Crippen LogP contribution in [0.3, 0.4) is 0 Å². The van der Waals surface area contributed by atoms with Crippen LogP contribution >= 0.6 is 23.1 Å². The fourth-order valence-corrected chi connectivity index (χ4v) is 5.32. The Bertz CT molecular complexity index is 919. The zero-order valence-electron chi connectivity index (χ0n) is 15.5. The molecule has 1 saturated heterocycles. The average molecular weight is 416 g/mol. The number of hydrogen-bond acceptors (Lipinski definition) is 5. The van der Waals surface area contributed by atoms with E-state index in [4.69, 9.17) is 0 Å². The van der Waals surface area contributed by atoms with Gasteiger partial charge in [-0.05, 0) is 31.2 Å². The molecule has 3 amide bonds. The first-order valence-corrected chi connectivity index (χ1v) is 10.9. The van der Waals surface area contributed by atoms with Crippen molar-refractivity contribution in [3.8, 4) is 0 Å². The number of fused-ring (bicyclic) bond motifs is 1. The smallest absolute Gasteiger partial charge is 0.264 e. The molecule has 28 heavy (non-hydrogen) atoms. The molecule has 146 valence electrons. The summed E-state index contributed by atoms with van der Waals surface area (Å²) in [7, 11) is 0. The summed E-state index contributed by atoms with van der Waals surface area (Å²) >= 11 is 2.94. The first-order chi connectivity index (χ1) is 13.5. The molecule has 1 atom stereocenters. The van der Waals surface area contributed by atoms with Crippen molar-refractivity contribution in [3.63, 3.8) is 0 Å². The number of aryl methyl sites for hydroxylation is 1. The number of rotatable bonds is 3. The average Bonchev–Trinajstić information content (AvgIpc) is 3.14. The van der Waals surface area contributed by atoms with Crippen LogP contribution in [0, 0.1) is 6.92 Å². The highest BCUT2D eigenvalue weighted by Gasteiger charge is 2.32. The van der Waals surface area contributed by atoms with Gasteiger partial charge in [0.25, 0.3) is 5.91 Å². The highest BCUT2D eigenvalue weighted by molar-refractivity contribution is 8.01. The largest absolute Gasteiger partial charge is 0.339 e. The Hall–Kier alpha value is -2.32. The van der Waals surface area contributed by atoms with E-state index in [-0.39, 0.29) is 24.1 Å². The molecule has 0 aliphatic carbocycles. The zero-order chi connectivity index (χ0) is 19.7. The molecule has 4 rings (SSSR count). The topological polar surface area (TPSA) is 69.7 Å². The lowest BCUT2D eigenvalue weighted by molar-refractivity contribution is -0.134. The van der Waals surface area contributed by atoms with Gasteiger partial charge in [0.2, 0.25) is 11.8 Å². The molecule has 2 aliphatic heterocycles. The summed E-state index contributed by atoms with van der Waals surface area (Å²) in [6.45, 7) is 4.04. The van der Waals surface area contributed by atoms with Gasteiger partial charge in [-0.2, -0.15) is 0 Å². The van der Waals surface area contributed by atoms with Crippen molar-refractivity contribution < 1.29 is 14.4 Å². The van der Waals surface area contributed by atoms with Crippen LogP contribution in [0.4, 0.5) is 5.69 Å². The Labute approximate surface area is 171 Å². The van der Waals surface area contributed by atoms with E-state index in [1.54, 1.807) is 9.80 Å². The van der Waals surface area contributed by atoms with E-state index in [1.807, 2.05) is 43.3 Å². The number of thioether (sulfide) groups is 1. The van der Waals surface area contributed by atoms with Crippen molar-refractivity contribution >= 4 is 46.5 Å². The SMILES string of the molecule is Cc1ccc(C(=O)N2CCN(C(=O)CC3Sc4ccccc4NC3=O)CC2)s1. The van der Waals surface area contributed by atoms with Crippen LogP contribution in [0.25, 0.3) is 0 Å². The van der Waals surface area contributed by atoms with E-state index in [2.05, 4.69) is 5.32 Å². The van der Waals surface area contributed by atoms with Crippen LogP contribution in [0.1, 0.15) is 21.0 Å². The lowest BCUT2D eigenvalue weighted by atomic mass is 10.2. The van der Waals surface area contributed by atoms with E-state index in [0.29, 0.717) is 26.2 Å². The van der Waals surface area contributed by atoms with Crippen molar-refractivity contribution in [2.45, 2.75) is 23.5 Å². The van der Waals surface area contributed by atoms with Crippen molar-refractivity contribution in [3.05, 3.63) is 46.2 Å². The van der Waals surface area contributed by atoms with Gasteiger partial charge in [0.1, 0.15) is 0 Å². The van der Waals surface area contributed by atoms with Gasteiger partial charge in [-0.1, -0.05) is 12.1 Å². The number of carbonyl (C=O) groups is 3. The molecule has 8 heteroatoms. The lowest BCUT2D eigenvalue weighted by Gasteiger charge is -2.35. The predicted octanol–water partition coefficient (Wildman–Crippen LogP) is 2.84. The first-order valence-electron chi connectivity index (χ1n) is 9.21. The Morgan fingerprint density at radius 1 is 1.07 bits per heavy atom. The number of benzene rings is 1. The monoisotopic (exact) mass is 415 g/mol. The van der Waals surface area contributed by atoms with Crippen molar-refractivity contribution in [2.75, 3.05) is 31.5 Å². The van der Waals surface area contributed by atoms with Crippen molar-refractivity contribution in [1.82, 2.24) is 9.80 Å². The molecule has 1 unspecified atom stereocenters. The summed E-state index contributed by atoms with van der Waals surface area (Å²) in [5.41, 5.74) is 0.803. The summed E-state index contributed by atoms with van der Waals surface area (Å²) in [6.07, 6.45) is 0.170. The molecule has 1 aromatic carbocycles. The van der Waals surface area contributed by atoms with Crippen LogP contribution < -0.4 is 5.32 Å². The van der Waals surface area contributed by atoms with Gasteiger partial charge in [-0.3, -0.25) is 14.4 Å². The molecule has 0 spiro atoms. The normalized spacial score (nSPS) is 19.2. The number of anilines is 1. The Morgan fingerprint density at radius 3 is 2.50 bits per heavy atom. The third-order valence-electron chi connectivity index (χ3n) is 4.94. The van der Waals surface area contributed by atoms with Crippen LogP contribution in [-0.4, -0.2) is 59.0 Å². The second-order valence-corrected chi connectivity index (χ2v) is 9.41. The number of piperazine rings is 1. The second-order valence-electron chi connectivity index (χ2n) is 6.88. The molecular formula is C20H21N3O3S2. The number of hydrogen-bond donors (Lipinski definition) is 1.